The van der Waals surface area contributed by atoms with Crippen molar-refractivity contribution in [1.29, 1.82) is 0 Å². The lowest BCUT2D eigenvalue weighted by atomic mass is 10.1. The largest absolute Gasteiger partial charge is 0.337 e. The Morgan fingerprint density at radius 2 is 2.32 bits per heavy atom. The van der Waals surface area contributed by atoms with Crippen molar-refractivity contribution in [2.24, 2.45) is 0 Å². The van der Waals surface area contributed by atoms with Gasteiger partial charge in [0.25, 0.3) is 0 Å². The number of hydrogen-bond donors (Lipinski definition) is 1. The van der Waals surface area contributed by atoms with E-state index < -0.39 is 0 Å². The summed E-state index contributed by atoms with van der Waals surface area (Å²) in [5, 5.41) is 6.66. The molecule has 1 saturated heterocycles. The lowest BCUT2D eigenvalue weighted by Gasteiger charge is -2.34. The molecule has 1 aliphatic heterocycles. The summed E-state index contributed by atoms with van der Waals surface area (Å²) in [5.74, 6) is 0.248. The molecule has 0 aliphatic carbocycles. The summed E-state index contributed by atoms with van der Waals surface area (Å²) < 4.78 is 1.26. The molecule has 0 saturated carbocycles. The molecule has 0 bridgehead atoms. The molecular formula is C15H18N2OS. The van der Waals surface area contributed by atoms with E-state index in [1.54, 1.807) is 11.3 Å². The van der Waals surface area contributed by atoms with Gasteiger partial charge >= 0.3 is 0 Å². The number of nitrogens with zero attached hydrogens (tertiary/aromatic N) is 1. The van der Waals surface area contributed by atoms with Crippen LogP contribution in [0.2, 0.25) is 0 Å². The Bertz CT molecular complexity index is 593. The van der Waals surface area contributed by atoms with Crippen LogP contribution < -0.4 is 5.32 Å². The van der Waals surface area contributed by atoms with Gasteiger partial charge in [-0.25, -0.2) is 0 Å². The first-order valence-corrected chi connectivity index (χ1v) is 7.59. The third kappa shape index (κ3) is 2.51. The molecular weight excluding hydrogens is 256 g/mol. The average molecular weight is 274 g/mol. The monoisotopic (exact) mass is 274 g/mol. The van der Waals surface area contributed by atoms with Crippen molar-refractivity contribution >= 4 is 27.3 Å². The van der Waals surface area contributed by atoms with Gasteiger partial charge in [-0.2, -0.15) is 0 Å². The summed E-state index contributed by atoms with van der Waals surface area (Å²) >= 11 is 1.72. The molecule has 1 aliphatic rings. The summed E-state index contributed by atoms with van der Waals surface area (Å²) in [6, 6.07) is 8.60. The summed E-state index contributed by atoms with van der Waals surface area (Å²) in [7, 11) is 0. The number of benzene rings is 1. The topological polar surface area (TPSA) is 32.3 Å². The first-order chi connectivity index (χ1) is 9.25. The van der Waals surface area contributed by atoms with Gasteiger partial charge in [0.2, 0.25) is 5.91 Å². The first-order valence-electron chi connectivity index (χ1n) is 6.71. The van der Waals surface area contributed by atoms with E-state index in [-0.39, 0.29) is 5.91 Å². The fourth-order valence-electron chi connectivity index (χ4n) is 2.65. The van der Waals surface area contributed by atoms with E-state index in [0.29, 0.717) is 12.5 Å². The van der Waals surface area contributed by atoms with Gasteiger partial charge < -0.3 is 10.2 Å². The molecule has 1 atom stereocenters. The minimum absolute atomic E-state index is 0.248. The third-order valence-corrected chi connectivity index (χ3v) is 4.74. The molecule has 1 aromatic carbocycles. The molecule has 0 spiro atoms. The number of rotatable bonds is 2. The Kier molecular flexibility index (Phi) is 3.53. The number of amides is 1. The predicted molar refractivity (Wildman–Crippen MR) is 79.6 cm³/mol. The Hall–Kier alpha value is -1.39. The molecule has 100 valence electrons. The van der Waals surface area contributed by atoms with E-state index in [2.05, 4.69) is 29.8 Å². The van der Waals surface area contributed by atoms with Crippen LogP contribution in [0.1, 0.15) is 12.5 Å². The number of carbonyl (C=O) groups is 1. The Balaban J connectivity index is 1.79. The lowest BCUT2D eigenvalue weighted by Crippen LogP contribution is -2.52. The molecule has 2 heterocycles. The number of fused-ring (bicyclic) bond motifs is 1. The standard InChI is InChI=1S/C15H18N2OS/c1-11-9-16-6-7-17(11)15(18)8-12-10-19-14-5-3-2-4-13(12)14/h2-5,10-11,16H,6-9H2,1H3/t11-/m0/s1. The SMILES string of the molecule is C[C@H]1CNCCN1C(=O)Cc1csc2ccccc12. The van der Waals surface area contributed by atoms with E-state index in [1.807, 2.05) is 17.0 Å². The van der Waals surface area contributed by atoms with E-state index in [1.165, 1.54) is 10.1 Å². The number of piperazine rings is 1. The van der Waals surface area contributed by atoms with Crippen LogP contribution in [0.4, 0.5) is 0 Å². The highest BCUT2D eigenvalue weighted by molar-refractivity contribution is 7.17. The van der Waals surface area contributed by atoms with E-state index in [9.17, 15) is 4.79 Å². The van der Waals surface area contributed by atoms with Crippen molar-refractivity contribution in [3.63, 3.8) is 0 Å². The molecule has 1 aromatic heterocycles. The van der Waals surface area contributed by atoms with Crippen LogP contribution in [0.3, 0.4) is 0 Å². The Labute approximate surface area is 117 Å². The van der Waals surface area contributed by atoms with Crippen LogP contribution in [-0.4, -0.2) is 36.5 Å². The van der Waals surface area contributed by atoms with Crippen LogP contribution in [0.15, 0.2) is 29.6 Å². The normalized spacial score (nSPS) is 19.8. The van der Waals surface area contributed by atoms with Gasteiger partial charge in [-0.15, -0.1) is 11.3 Å². The van der Waals surface area contributed by atoms with Crippen LogP contribution in [0.5, 0.6) is 0 Å². The zero-order valence-electron chi connectivity index (χ0n) is 11.1. The zero-order chi connectivity index (χ0) is 13.2. The second-order valence-electron chi connectivity index (χ2n) is 5.07. The molecule has 4 heteroatoms. The molecule has 0 radical (unpaired) electrons. The third-order valence-electron chi connectivity index (χ3n) is 3.72. The summed E-state index contributed by atoms with van der Waals surface area (Å²) in [4.78, 5) is 14.4. The fraction of sp³-hybridized carbons (Fsp3) is 0.400. The molecule has 19 heavy (non-hydrogen) atoms. The summed E-state index contributed by atoms with van der Waals surface area (Å²) in [6.45, 7) is 4.73. The van der Waals surface area contributed by atoms with Crippen LogP contribution in [0.25, 0.3) is 10.1 Å². The van der Waals surface area contributed by atoms with Crippen LogP contribution in [-0.2, 0) is 11.2 Å². The van der Waals surface area contributed by atoms with Crippen molar-refractivity contribution < 1.29 is 4.79 Å². The van der Waals surface area contributed by atoms with Gasteiger partial charge in [-0.3, -0.25) is 4.79 Å². The number of thiophene rings is 1. The predicted octanol–water partition coefficient (Wildman–Crippen LogP) is 2.26. The average Bonchev–Trinajstić information content (AvgIpc) is 2.83. The second-order valence-corrected chi connectivity index (χ2v) is 5.99. The minimum atomic E-state index is 0.248. The van der Waals surface area contributed by atoms with Gasteiger partial charge in [-0.05, 0) is 29.3 Å². The van der Waals surface area contributed by atoms with Gasteiger partial charge in [0.05, 0.1) is 6.42 Å². The molecule has 2 aromatic rings. The molecule has 1 N–H and O–H groups in total. The van der Waals surface area contributed by atoms with Gasteiger partial charge in [-0.1, -0.05) is 18.2 Å². The fourth-order valence-corrected chi connectivity index (χ4v) is 3.61. The van der Waals surface area contributed by atoms with Crippen LogP contribution in [0, 0.1) is 0 Å². The van der Waals surface area contributed by atoms with E-state index in [0.717, 1.165) is 25.2 Å². The maximum absolute atomic E-state index is 12.4. The van der Waals surface area contributed by atoms with Crippen molar-refractivity contribution in [3.8, 4) is 0 Å². The highest BCUT2D eigenvalue weighted by atomic mass is 32.1. The zero-order valence-corrected chi connectivity index (χ0v) is 11.9. The Morgan fingerprint density at radius 1 is 1.47 bits per heavy atom. The quantitative estimate of drug-likeness (QED) is 0.911. The molecule has 3 rings (SSSR count). The van der Waals surface area contributed by atoms with E-state index in [4.69, 9.17) is 0 Å². The molecule has 1 amide bonds. The highest BCUT2D eigenvalue weighted by Crippen LogP contribution is 2.26. The molecule has 0 unspecified atom stereocenters. The first kappa shape index (κ1) is 12.6. The smallest absolute Gasteiger partial charge is 0.227 e. The number of nitrogens with one attached hydrogen (secondary N) is 1. The maximum Gasteiger partial charge on any atom is 0.227 e. The second kappa shape index (κ2) is 5.31. The molecule has 3 nitrogen and oxygen atoms in total. The van der Waals surface area contributed by atoms with Gasteiger partial charge in [0.1, 0.15) is 0 Å². The van der Waals surface area contributed by atoms with Crippen molar-refractivity contribution in [3.05, 3.63) is 35.2 Å². The van der Waals surface area contributed by atoms with Gasteiger partial charge in [0, 0.05) is 30.4 Å². The highest BCUT2D eigenvalue weighted by Gasteiger charge is 2.23. The van der Waals surface area contributed by atoms with Crippen molar-refractivity contribution in [2.45, 2.75) is 19.4 Å². The summed E-state index contributed by atoms with van der Waals surface area (Å²) in [5.41, 5.74) is 1.16. The lowest BCUT2D eigenvalue weighted by molar-refractivity contribution is -0.133. The number of hydrogen-bond acceptors (Lipinski definition) is 3. The van der Waals surface area contributed by atoms with Crippen LogP contribution >= 0.6 is 11.3 Å². The minimum Gasteiger partial charge on any atom is -0.337 e. The van der Waals surface area contributed by atoms with Crippen molar-refractivity contribution in [2.75, 3.05) is 19.6 Å². The Morgan fingerprint density at radius 3 is 3.16 bits per heavy atom. The molecule has 1 fully saturated rings. The number of carbonyl (C=O) groups excluding carboxylic acids is 1. The summed E-state index contributed by atoms with van der Waals surface area (Å²) in [6.07, 6.45) is 0.522. The maximum atomic E-state index is 12.4. The van der Waals surface area contributed by atoms with Crippen molar-refractivity contribution in [1.82, 2.24) is 10.2 Å². The van der Waals surface area contributed by atoms with E-state index >= 15 is 0 Å². The van der Waals surface area contributed by atoms with Gasteiger partial charge in [0.15, 0.2) is 0 Å².